The zero-order valence-corrected chi connectivity index (χ0v) is 19.3. The van der Waals surface area contributed by atoms with Gasteiger partial charge in [0.1, 0.15) is 0 Å². The van der Waals surface area contributed by atoms with Crippen LogP contribution in [0.3, 0.4) is 0 Å². The molecule has 1 aliphatic heterocycles. The average Bonchev–Trinajstić information content (AvgIpc) is 3.39. The van der Waals surface area contributed by atoms with Gasteiger partial charge in [-0.1, -0.05) is 37.8 Å². The number of aliphatic hydroxyl groups is 2. The topological polar surface area (TPSA) is 70.6 Å². The highest BCUT2D eigenvalue weighted by atomic mass is 16.3. The lowest BCUT2D eigenvalue weighted by molar-refractivity contribution is 0.0513. The minimum absolute atomic E-state index is 0.0608. The minimum atomic E-state index is -0.924. The second-order valence-corrected chi connectivity index (χ2v) is 10.6. The SMILES string of the molecule is O=c1n(C[C@@H](O)CO)c2ccccc2n1C1CCN(C[C@@H]2CCCCC23CCCC3)CC1. The molecule has 2 saturated carbocycles. The Balaban J connectivity index is 1.30. The van der Waals surface area contributed by atoms with Crippen LogP contribution in [0.4, 0.5) is 0 Å². The van der Waals surface area contributed by atoms with E-state index in [9.17, 15) is 15.0 Å². The molecule has 6 heteroatoms. The molecule has 2 aliphatic carbocycles. The first-order valence-electron chi connectivity index (χ1n) is 12.8. The Morgan fingerprint density at radius 3 is 2.31 bits per heavy atom. The molecule has 3 fully saturated rings. The lowest BCUT2D eigenvalue weighted by Crippen LogP contribution is -2.44. The van der Waals surface area contributed by atoms with E-state index in [-0.39, 0.29) is 24.9 Å². The summed E-state index contributed by atoms with van der Waals surface area (Å²) >= 11 is 0. The van der Waals surface area contributed by atoms with Crippen molar-refractivity contribution in [2.75, 3.05) is 26.2 Å². The average molecular weight is 442 g/mol. The number of imidazole rings is 1. The molecule has 2 atom stereocenters. The quantitative estimate of drug-likeness (QED) is 0.719. The summed E-state index contributed by atoms with van der Waals surface area (Å²) in [5, 5.41) is 19.2. The van der Waals surface area contributed by atoms with Crippen LogP contribution in [0.2, 0.25) is 0 Å². The number of benzene rings is 1. The van der Waals surface area contributed by atoms with Gasteiger partial charge < -0.3 is 15.1 Å². The lowest BCUT2D eigenvalue weighted by atomic mass is 9.65. The Morgan fingerprint density at radius 2 is 1.62 bits per heavy atom. The van der Waals surface area contributed by atoms with Crippen LogP contribution in [0.1, 0.15) is 70.3 Å². The van der Waals surface area contributed by atoms with E-state index >= 15 is 0 Å². The van der Waals surface area contributed by atoms with Crippen LogP contribution in [-0.2, 0) is 6.54 Å². The van der Waals surface area contributed by atoms with E-state index in [0.29, 0.717) is 5.41 Å². The zero-order chi connectivity index (χ0) is 22.1. The van der Waals surface area contributed by atoms with Crippen LogP contribution in [-0.4, -0.2) is 56.6 Å². The number of fused-ring (bicyclic) bond motifs is 1. The molecule has 1 aromatic carbocycles. The van der Waals surface area contributed by atoms with Gasteiger partial charge in [-0.15, -0.1) is 0 Å². The first kappa shape index (κ1) is 22.2. The van der Waals surface area contributed by atoms with Crippen LogP contribution in [0.15, 0.2) is 29.1 Å². The fourth-order valence-corrected chi connectivity index (χ4v) is 7.10. The van der Waals surface area contributed by atoms with Gasteiger partial charge in [0.2, 0.25) is 0 Å². The van der Waals surface area contributed by atoms with E-state index < -0.39 is 6.10 Å². The highest BCUT2D eigenvalue weighted by molar-refractivity contribution is 5.76. The lowest BCUT2D eigenvalue weighted by Gasteiger charge is -2.45. The van der Waals surface area contributed by atoms with Crippen molar-refractivity contribution < 1.29 is 10.2 Å². The molecular formula is C26H39N3O3. The first-order chi connectivity index (χ1) is 15.6. The van der Waals surface area contributed by atoms with E-state index in [1.807, 2.05) is 28.8 Å². The van der Waals surface area contributed by atoms with Crippen molar-refractivity contribution >= 4 is 11.0 Å². The molecule has 32 heavy (non-hydrogen) atoms. The number of hydrogen-bond donors (Lipinski definition) is 2. The van der Waals surface area contributed by atoms with Crippen molar-refractivity contribution in [2.45, 2.75) is 82.9 Å². The molecule has 2 heterocycles. The van der Waals surface area contributed by atoms with E-state index in [2.05, 4.69) is 4.90 Å². The zero-order valence-electron chi connectivity index (χ0n) is 19.3. The van der Waals surface area contributed by atoms with Crippen LogP contribution in [0.25, 0.3) is 11.0 Å². The van der Waals surface area contributed by atoms with Crippen LogP contribution in [0.5, 0.6) is 0 Å². The van der Waals surface area contributed by atoms with Gasteiger partial charge in [-0.2, -0.15) is 0 Å². The predicted octanol–water partition coefficient (Wildman–Crippen LogP) is 3.54. The van der Waals surface area contributed by atoms with Crippen LogP contribution < -0.4 is 5.69 Å². The standard InChI is InChI=1S/C26H39N3O3/c30-19-22(31)18-28-23-8-1-2-9-24(23)29(25(28)32)21-10-15-27(16-11-21)17-20-7-3-4-12-26(20)13-5-6-14-26/h1-2,8-9,20-22,30-31H,3-7,10-19H2/t20-,22+/m0/s1. The van der Waals surface area contributed by atoms with Crippen molar-refractivity contribution in [3.63, 3.8) is 0 Å². The van der Waals surface area contributed by atoms with E-state index in [1.165, 1.54) is 57.9 Å². The molecule has 3 aliphatic rings. The van der Waals surface area contributed by atoms with E-state index in [4.69, 9.17) is 0 Å². The predicted molar refractivity (Wildman–Crippen MR) is 127 cm³/mol. The summed E-state index contributed by atoms with van der Waals surface area (Å²) in [5.74, 6) is 0.861. The Morgan fingerprint density at radius 1 is 0.969 bits per heavy atom. The molecular weight excluding hydrogens is 402 g/mol. The third-order valence-electron chi connectivity index (χ3n) is 8.82. The maximum Gasteiger partial charge on any atom is 0.329 e. The van der Waals surface area contributed by atoms with Crippen LogP contribution in [0, 0.1) is 11.3 Å². The second kappa shape index (κ2) is 9.32. The Hall–Kier alpha value is -1.63. The number of aliphatic hydroxyl groups excluding tert-OH is 2. The minimum Gasteiger partial charge on any atom is -0.394 e. The van der Waals surface area contributed by atoms with E-state index in [0.717, 1.165) is 42.9 Å². The molecule has 2 aromatic rings. The second-order valence-electron chi connectivity index (χ2n) is 10.6. The van der Waals surface area contributed by atoms with Crippen molar-refractivity contribution in [2.24, 2.45) is 11.3 Å². The van der Waals surface area contributed by atoms with Gasteiger partial charge in [0.05, 0.1) is 30.3 Å². The van der Waals surface area contributed by atoms with Crippen molar-refractivity contribution in [1.82, 2.24) is 14.0 Å². The Bertz CT molecular complexity index is 966. The fourth-order valence-electron chi connectivity index (χ4n) is 7.10. The number of hydrogen-bond acceptors (Lipinski definition) is 4. The fraction of sp³-hybridized carbons (Fsp3) is 0.731. The van der Waals surface area contributed by atoms with Crippen molar-refractivity contribution in [1.29, 1.82) is 0 Å². The Kier molecular flexibility index (Phi) is 6.46. The largest absolute Gasteiger partial charge is 0.394 e. The van der Waals surface area contributed by atoms with Gasteiger partial charge in [-0.05, 0) is 62.0 Å². The molecule has 1 aromatic heterocycles. The molecule has 0 bridgehead atoms. The van der Waals surface area contributed by atoms with Gasteiger partial charge in [0.25, 0.3) is 0 Å². The third-order valence-corrected chi connectivity index (χ3v) is 8.82. The van der Waals surface area contributed by atoms with Gasteiger partial charge in [0.15, 0.2) is 0 Å². The number of likely N-dealkylation sites (tertiary alicyclic amines) is 1. The molecule has 176 valence electrons. The summed E-state index contributed by atoms with van der Waals surface area (Å²) in [6.45, 7) is 3.15. The number of nitrogens with zero attached hydrogens (tertiary/aromatic N) is 3. The molecule has 6 nitrogen and oxygen atoms in total. The van der Waals surface area contributed by atoms with Crippen LogP contribution >= 0.6 is 0 Å². The van der Waals surface area contributed by atoms with Gasteiger partial charge in [-0.3, -0.25) is 9.13 Å². The van der Waals surface area contributed by atoms with Gasteiger partial charge >= 0.3 is 5.69 Å². The molecule has 1 saturated heterocycles. The Labute approximate surface area is 190 Å². The van der Waals surface area contributed by atoms with Gasteiger partial charge in [0, 0.05) is 25.7 Å². The summed E-state index contributed by atoms with van der Waals surface area (Å²) in [4.78, 5) is 16.0. The summed E-state index contributed by atoms with van der Waals surface area (Å²) in [6, 6.07) is 8.06. The maximum absolute atomic E-state index is 13.3. The number of rotatable bonds is 6. The normalized spacial score (nSPS) is 25.6. The first-order valence-corrected chi connectivity index (χ1v) is 12.8. The molecule has 1 spiro atoms. The van der Waals surface area contributed by atoms with Crippen molar-refractivity contribution in [3.05, 3.63) is 34.7 Å². The third kappa shape index (κ3) is 4.06. The summed E-state index contributed by atoms with van der Waals surface area (Å²) in [6.07, 6.45) is 12.5. The molecule has 0 radical (unpaired) electrons. The number of piperidine rings is 1. The highest BCUT2D eigenvalue weighted by Crippen LogP contribution is 2.52. The monoisotopic (exact) mass is 441 g/mol. The number of aromatic nitrogens is 2. The summed E-state index contributed by atoms with van der Waals surface area (Å²) in [5.41, 5.74) is 2.36. The smallest absolute Gasteiger partial charge is 0.329 e. The number of para-hydroxylation sites is 2. The molecule has 2 N–H and O–H groups in total. The summed E-state index contributed by atoms with van der Waals surface area (Å²) in [7, 11) is 0. The molecule has 5 rings (SSSR count). The van der Waals surface area contributed by atoms with Gasteiger partial charge in [-0.25, -0.2) is 4.79 Å². The van der Waals surface area contributed by atoms with Crippen molar-refractivity contribution in [3.8, 4) is 0 Å². The maximum atomic E-state index is 13.3. The highest BCUT2D eigenvalue weighted by Gasteiger charge is 2.43. The molecule has 0 amide bonds. The molecule has 0 unspecified atom stereocenters. The summed E-state index contributed by atoms with van der Waals surface area (Å²) < 4.78 is 3.59. The van der Waals surface area contributed by atoms with E-state index in [1.54, 1.807) is 4.57 Å².